The summed E-state index contributed by atoms with van der Waals surface area (Å²) in [5, 5.41) is 0. The van der Waals surface area contributed by atoms with E-state index in [1.807, 2.05) is 35.2 Å². The SMILES string of the molecule is COc1ccc(-c2ccc(C(C)(C)F)cc2)cc1C(=O)N1CCCC1. The molecule has 1 heterocycles. The van der Waals surface area contributed by atoms with Gasteiger partial charge in [0.2, 0.25) is 0 Å². The summed E-state index contributed by atoms with van der Waals surface area (Å²) < 4.78 is 19.4. The molecule has 1 aliphatic rings. The maximum absolute atomic E-state index is 14.0. The first kappa shape index (κ1) is 17.5. The van der Waals surface area contributed by atoms with Gasteiger partial charge in [0.05, 0.1) is 12.7 Å². The summed E-state index contributed by atoms with van der Waals surface area (Å²) in [5.74, 6) is 0.597. The zero-order valence-corrected chi connectivity index (χ0v) is 15.0. The minimum Gasteiger partial charge on any atom is -0.496 e. The highest BCUT2D eigenvalue weighted by Gasteiger charge is 2.23. The Morgan fingerprint density at radius 3 is 2.20 bits per heavy atom. The van der Waals surface area contributed by atoms with Crippen LogP contribution in [0.4, 0.5) is 4.39 Å². The lowest BCUT2D eigenvalue weighted by molar-refractivity contribution is 0.0789. The van der Waals surface area contributed by atoms with E-state index < -0.39 is 5.67 Å². The number of carbonyl (C=O) groups is 1. The number of rotatable bonds is 4. The molecule has 4 heteroatoms. The van der Waals surface area contributed by atoms with Gasteiger partial charge in [-0.2, -0.15) is 0 Å². The minimum absolute atomic E-state index is 0.0118. The molecule has 3 nitrogen and oxygen atoms in total. The van der Waals surface area contributed by atoms with E-state index >= 15 is 0 Å². The van der Waals surface area contributed by atoms with Crippen LogP contribution in [-0.2, 0) is 5.67 Å². The molecule has 0 bridgehead atoms. The van der Waals surface area contributed by atoms with Crippen LogP contribution in [0.2, 0.25) is 0 Å². The van der Waals surface area contributed by atoms with Crippen LogP contribution in [0.15, 0.2) is 42.5 Å². The zero-order valence-electron chi connectivity index (χ0n) is 15.0. The van der Waals surface area contributed by atoms with Gasteiger partial charge >= 0.3 is 0 Å². The molecule has 1 amide bonds. The summed E-state index contributed by atoms with van der Waals surface area (Å²) in [6.07, 6.45) is 2.10. The molecule has 25 heavy (non-hydrogen) atoms. The number of alkyl halides is 1. The van der Waals surface area contributed by atoms with Crippen molar-refractivity contribution in [2.24, 2.45) is 0 Å². The molecule has 0 aromatic heterocycles. The van der Waals surface area contributed by atoms with Gasteiger partial charge in [-0.25, -0.2) is 4.39 Å². The number of hydrogen-bond acceptors (Lipinski definition) is 2. The standard InChI is InChI=1S/C21H24FNO2/c1-21(2,22)17-9-6-15(7-10-17)16-8-11-19(25-3)18(14-16)20(24)23-12-4-5-13-23/h6-11,14H,4-5,12-13H2,1-3H3. The van der Waals surface area contributed by atoms with Crippen LogP contribution in [0.1, 0.15) is 42.6 Å². The molecule has 0 aliphatic carbocycles. The van der Waals surface area contributed by atoms with Crippen LogP contribution < -0.4 is 4.74 Å². The van der Waals surface area contributed by atoms with Crippen LogP contribution >= 0.6 is 0 Å². The number of halogens is 1. The third-order valence-electron chi connectivity index (χ3n) is 4.73. The predicted molar refractivity (Wildman–Crippen MR) is 97.7 cm³/mol. The molecular weight excluding hydrogens is 317 g/mol. The molecule has 132 valence electrons. The Balaban J connectivity index is 1.95. The number of ether oxygens (including phenoxy) is 1. The lowest BCUT2D eigenvalue weighted by Gasteiger charge is -2.18. The second-order valence-electron chi connectivity index (χ2n) is 6.96. The minimum atomic E-state index is -1.37. The van der Waals surface area contributed by atoms with E-state index in [4.69, 9.17) is 4.74 Å². The van der Waals surface area contributed by atoms with Crippen LogP contribution in [0, 0.1) is 0 Å². The van der Waals surface area contributed by atoms with Crippen LogP contribution in [0.25, 0.3) is 11.1 Å². The molecule has 0 saturated carbocycles. The zero-order chi connectivity index (χ0) is 18.0. The molecule has 2 aromatic rings. The summed E-state index contributed by atoms with van der Waals surface area (Å²) in [4.78, 5) is 14.7. The van der Waals surface area contributed by atoms with Gasteiger partial charge in [-0.3, -0.25) is 4.79 Å². The van der Waals surface area contributed by atoms with E-state index in [1.54, 1.807) is 33.1 Å². The molecule has 1 aliphatic heterocycles. The molecule has 0 atom stereocenters. The Bertz CT molecular complexity index is 756. The third kappa shape index (κ3) is 3.68. The first-order valence-electron chi connectivity index (χ1n) is 8.67. The average Bonchev–Trinajstić information content (AvgIpc) is 3.14. The van der Waals surface area contributed by atoms with E-state index in [-0.39, 0.29) is 5.91 Å². The summed E-state index contributed by atoms with van der Waals surface area (Å²) in [7, 11) is 1.58. The van der Waals surface area contributed by atoms with Gasteiger partial charge in [-0.15, -0.1) is 0 Å². The summed E-state index contributed by atoms with van der Waals surface area (Å²) in [6.45, 7) is 4.68. The van der Waals surface area contributed by atoms with Gasteiger partial charge in [-0.05, 0) is 55.5 Å². The summed E-state index contributed by atoms with van der Waals surface area (Å²) in [6, 6.07) is 13.0. The van der Waals surface area contributed by atoms with E-state index in [2.05, 4.69) is 0 Å². The van der Waals surface area contributed by atoms with Crippen LogP contribution in [0.5, 0.6) is 5.75 Å². The van der Waals surface area contributed by atoms with Crippen molar-refractivity contribution < 1.29 is 13.9 Å². The number of amides is 1. The van der Waals surface area contributed by atoms with Gasteiger partial charge in [0.1, 0.15) is 11.4 Å². The number of nitrogens with zero attached hydrogens (tertiary/aromatic N) is 1. The predicted octanol–water partition coefficient (Wildman–Crippen LogP) is 4.80. The average molecular weight is 341 g/mol. The molecular formula is C21H24FNO2. The highest BCUT2D eigenvalue weighted by atomic mass is 19.1. The maximum atomic E-state index is 14.0. The van der Waals surface area contributed by atoms with Crippen molar-refractivity contribution in [1.29, 1.82) is 0 Å². The van der Waals surface area contributed by atoms with Gasteiger partial charge in [0.25, 0.3) is 5.91 Å². The highest BCUT2D eigenvalue weighted by molar-refractivity contribution is 5.98. The third-order valence-corrected chi connectivity index (χ3v) is 4.73. The second kappa shape index (κ2) is 6.87. The van der Waals surface area contributed by atoms with E-state index in [0.717, 1.165) is 37.1 Å². The Morgan fingerprint density at radius 1 is 1.04 bits per heavy atom. The topological polar surface area (TPSA) is 29.5 Å². The van der Waals surface area contributed by atoms with E-state index in [9.17, 15) is 9.18 Å². The molecule has 0 spiro atoms. The van der Waals surface area contributed by atoms with Crippen molar-refractivity contribution in [3.05, 3.63) is 53.6 Å². The van der Waals surface area contributed by atoms with Crippen molar-refractivity contribution in [3.8, 4) is 16.9 Å². The quantitative estimate of drug-likeness (QED) is 0.799. The first-order chi connectivity index (χ1) is 11.9. The Labute approximate surface area is 148 Å². The fraction of sp³-hybridized carbons (Fsp3) is 0.381. The highest BCUT2D eigenvalue weighted by Crippen LogP contribution is 2.31. The van der Waals surface area contributed by atoms with Crippen molar-refractivity contribution >= 4 is 5.91 Å². The van der Waals surface area contributed by atoms with Crippen molar-refractivity contribution in [2.45, 2.75) is 32.4 Å². The summed E-state index contributed by atoms with van der Waals surface area (Å²) in [5.41, 5.74) is 1.72. The molecule has 0 N–H and O–H groups in total. The molecule has 2 aromatic carbocycles. The molecule has 3 rings (SSSR count). The van der Waals surface area contributed by atoms with E-state index in [1.165, 1.54) is 0 Å². The molecule has 0 radical (unpaired) electrons. The van der Waals surface area contributed by atoms with Crippen molar-refractivity contribution in [2.75, 3.05) is 20.2 Å². The lowest BCUT2D eigenvalue weighted by atomic mass is 9.96. The Kier molecular flexibility index (Phi) is 4.80. The van der Waals surface area contributed by atoms with Gasteiger partial charge < -0.3 is 9.64 Å². The number of likely N-dealkylation sites (tertiary alicyclic amines) is 1. The number of benzene rings is 2. The molecule has 1 saturated heterocycles. The fourth-order valence-corrected chi connectivity index (χ4v) is 3.20. The van der Waals surface area contributed by atoms with Crippen LogP contribution in [0.3, 0.4) is 0 Å². The van der Waals surface area contributed by atoms with Gasteiger partial charge in [-0.1, -0.05) is 30.3 Å². The van der Waals surface area contributed by atoms with Gasteiger partial charge in [0.15, 0.2) is 0 Å². The number of methoxy groups -OCH3 is 1. The van der Waals surface area contributed by atoms with Crippen molar-refractivity contribution in [1.82, 2.24) is 4.90 Å². The normalized spacial score (nSPS) is 14.6. The van der Waals surface area contributed by atoms with E-state index in [0.29, 0.717) is 16.9 Å². The van der Waals surface area contributed by atoms with Crippen LogP contribution in [-0.4, -0.2) is 31.0 Å². The number of hydrogen-bond donors (Lipinski definition) is 0. The Morgan fingerprint density at radius 2 is 1.64 bits per heavy atom. The Hall–Kier alpha value is -2.36. The fourth-order valence-electron chi connectivity index (χ4n) is 3.20. The smallest absolute Gasteiger partial charge is 0.257 e. The monoisotopic (exact) mass is 341 g/mol. The summed E-state index contributed by atoms with van der Waals surface area (Å²) >= 11 is 0. The van der Waals surface area contributed by atoms with Crippen molar-refractivity contribution in [3.63, 3.8) is 0 Å². The molecule has 1 fully saturated rings. The second-order valence-corrected chi connectivity index (χ2v) is 6.96. The largest absolute Gasteiger partial charge is 0.496 e. The number of carbonyl (C=O) groups excluding carboxylic acids is 1. The van der Waals surface area contributed by atoms with Gasteiger partial charge in [0, 0.05) is 13.1 Å². The first-order valence-corrected chi connectivity index (χ1v) is 8.67. The lowest BCUT2D eigenvalue weighted by Crippen LogP contribution is -2.28. The molecule has 0 unspecified atom stereocenters. The maximum Gasteiger partial charge on any atom is 0.257 e.